The summed E-state index contributed by atoms with van der Waals surface area (Å²) in [5, 5.41) is 0. The Morgan fingerprint density at radius 2 is 1.57 bits per heavy atom. The van der Waals surface area contributed by atoms with Crippen LogP contribution < -0.4 is 4.72 Å². The number of nitrogens with zero attached hydrogens (tertiary/aromatic N) is 1. The first-order valence-corrected chi connectivity index (χ1v) is 10.5. The maximum atomic E-state index is 13.0. The summed E-state index contributed by atoms with van der Waals surface area (Å²) in [7, 11) is -3.72. The predicted molar refractivity (Wildman–Crippen MR) is 113 cm³/mol. The Balaban J connectivity index is 1.72. The highest BCUT2D eigenvalue weighted by molar-refractivity contribution is 7.92. The van der Waals surface area contributed by atoms with Crippen molar-refractivity contribution in [2.75, 3.05) is 4.72 Å². The van der Waals surface area contributed by atoms with E-state index in [0.29, 0.717) is 17.0 Å². The molecule has 0 unspecified atom stereocenters. The molecule has 0 atom stereocenters. The monoisotopic (exact) mass is 391 g/mol. The molecule has 2 N–H and O–H groups in total. The van der Waals surface area contributed by atoms with Crippen molar-refractivity contribution in [2.45, 2.75) is 25.7 Å². The number of anilines is 1. The SMILES string of the molecule is Cc1cc(C)c(NS(=O)(=O)c2ccc3nc(-c4ccccc4)[nH]c3c2)c(C)c1. The maximum absolute atomic E-state index is 13.0. The molecule has 28 heavy (non-hydrogen) atoms. The van der Waals surface area contributed by atoms with Gasteiger partial charge in [-0.15, -0.1) is 0 Å². The Morgan fingerprint density at radius 1 is 0.893 bits per heavy atom. The van der Waals surface area contributed by atoms with E-state index in [9.17, 15) is 8.42 Å². The van der Waals surface area contributed by atoms with Crippen LogP contribution in [-0.4, -0.2) is 18.4 Å². The second kappa shape index (κ2) is 6.80. The molecule has 3 aromatic carbocycles. The highest BCUT2D eigenvalue weighted by atomic mass is 32.2. The largest absolute Gasteiger partial charge is 0.338 e. The normalized spacial score (nSPS) is 11.7. The van der Waals surface area contributed by atoms with Gasteiger partial charge in [-0.2, -0.15) is 0 Å². The van der Waals surface area contributed by atoms with E-state index in [0.717, 1.165) is 27.8 Å². The van der Waals surface area contributed by atoms with Gasteiger partial charge in [-0.05, 0) is 50.1 Å². The van der Waals surface area contributed by atoms with E-state index >= 15 is 0 Å². The van der Waals surface area contributed by atoms with E-state index in [4.69, 9.17) is 0 Å². The van der Waals surface area contributed by atoms with Crippen LogP contribution in [0.15, 0.2) is 65.6 Å². The van der Waals surface area contributed by atoms with Crippen molar-refractivity contribution in [3.05, 3.63) is 77.4 Å². The molecule has 0 aliphatic heterocycles. The fourth-order valence-electron chi connectivity index (χ4n) is 3.42. The minimum atomic E-state index is -3.72. The van der Waals surface area contributed by atoms with E-state index in [1.165, 1.54) is 0 Å². The summed E-state index contributed by atoms with van der Waals surface area (Å²) >= 11 is 0. The molecule has 0 saturated carbocycles. The molecular formula is C22H21N3O2S. The fraction of sp³-hybridized carbons (Fsp3) is 0.136. The van der Waals surface area contributed by atoms with E-state index < -0.39 is 10.0 Å². The van der Waals surface area contributed by atoms with Crippen LogP contribution in [0.5, 0.6) is 0 Å². The molecule has 0 spiro atoms. The molecule has 0 aliphatic carbocycles. The maximum Gasteiger partial charge on any atom is 0.261 e. The number of aromatic amines is 1. The molecule has 1 aromatic heterocycles. The van der Waals surface area contributed by atoms with Gasteiger partial charge in [0.25, 0.3) is 10.0 Å². The van der Waals surface area contributed by atoms with Gasteiger partial charge in [0.05, 0.1) is 21.6 Å². The number of nitrogens with one attached hydrogen (secondary N) is 2. The second-order valence-corrected chi connectivity index (χ2v) is 8.69. The van der Waals surface area contributed by atoms with Crippen LogP contribution in [0.25, 0.3) is 22.4 Å². The van der Waals surface area contributed by atoms with Crippen LogP contribution in [0, 0.1) is 20.8 Å². The number of H-pyrrole nitrogens is 1. The summed E-state index contributed by atoms with van der Waals surface area (Å²) in [6.07, 6.45) is 0. The van der Waals surface area contributed by atoms with Crippen LogP contribution in [0.2, 0.25) is 0 Å². The van der Waals surface area contributed by atoms with Crippen molar-refractivity contribution in [1.29, 1.82) is 0 Å². The van der Waals surface area contributed by atoms with Gasteiger partial charge in [0, 0.05) is 5.56 Å². The van der Waals surface area contributed by atoms with Crippen molar-refractivity contribution in [1.82, 2.24) is 9.97 Å². The molecular weight excluding hydrogens is 370 g/mol. The number of aryl methyl sites for hydroxylation is 3. The molecule has 4 rings (SSSR count). The Kier molecular flexibility index (Phi) is 4.43. The molecule has 0 aliphatic rings. The highest BCUT2D eigenvalue weighted by Gasteiger charge is 2.18. The first-order chi connectivity index (χ1) is 13.3. The molecule has 0 radical (unpaired) electrons. The van der Waals surface area contributed by atoms with Crippen molar-refractivity contribution in [3.8, 4) is 11.4 Å². The molecule has 0 amide bonds. The van der Waals surface area contributed by atoms with Crippen molar-refractivity contribution < 1.29 is 8.42 Å². The average molecular weight is 391 g/mol. The molecule has 0 saturated heterocycles. The lowest BCUT2D eigenvalue weighted by molar-refractivity contribution is 0.601. The molecule has 6 heteroatoms. The van der Waals surface area contributed by atoms with E-state index in [-0.39, 0.29) is 4.90 Å². The Morgan fingerprint density at radius 3 is 2.25 bits per heavy atom. The second-order valence-electron chi connectivity index (χ2n) is 7.01. The Labute approximate surface area is 164 Å². The zero-order valence-corrected chi connectivity index (χ0v) is 16.8. The van der Waals surface area contributed by atoms with E-state index in [1.807, 2.05) is 63.2 Å². The predicted octanol–water partition coefficient (Wildman–Crippen LogP) is 4.96. The van der Waals surface area contributed by atoms with Crippen LogP contribution in [0.1, 0.15) is 16.7 Å². The lowest BCUT2D eigenvalue weighted by atomic mass is 10.1. The number of aromatic nitrogens is 2. The quantitative estimate of drug-likeness (QED) is 0.516. The fourth-order valence-corrected chi connectivity index (χ4v) is 4.65. The number of hydrogen-bond donors (Lipinski definition) is 2. The van der Waals surface area contributed by atoms with Gasteiger partial charge < -0.3 is 4.98 Å². The van der Waals surface area contributed by atoms with Gasteiger partial charge in [-0.1, -0.05) is 48.0 Å². The molecule has 0 bridgehead atoms. The number of imidazole rings is 1. The summed E-state index contributed by atoms with van der Waals surface area (Å²) in [6.45, 7) is 5.80. The summed E-state index contributed by atoms with van der Waals surface area (Å²) < 4.78 is 28.7. The van der Waals surface area contributed by atoms with Crippen LogP contribution in [0.3, 0.4) is 0 Å². The summed E-state index contributed by atoms with van der Waals surface area (Å²) in [5.74, 6) is 0.711. The number of rotatable bonds is 4. The summed E-state index contributed by atoms with van der Waals surface area (Å²) in [5.41, 5.74) is 5.88. The van der Waals surface area contributed by atoms with Crippen molar-refractivity contribution >= 4 is 26.7 Å². The highest BCUT2D eigenvalue weighted by Crippen LogP contribution is 2.27. The minimum Gasteiger partial charge on any atom is -0.338 e. The van der Waals surface area contributed by atoms with E-state index in [1.54, 1.807) is 18.2 Å². The molecule has 142 valence electrons. The Hall–Kier alpha value is -3.12. The average Bonchev–Trinajstić information content (AvgIpc) is 3.09. The zero-order valence-electron chi connectivity index (χ0n) is 15.9. The number of benzene rings is 3. The number of sulfonamides is 1. The van der Waals surface area contributed by atoms with E-state index in [2.05, 4.69) is 14.7 Å². The minimum absolute atomic E-state index is 0.197. The van der Waals surface area contributed by atoms with Crippen LogP contribution in [-0.2, 0) is 10.0 Å². The van der Waals surface area contributed by atoms with Gasteiger partial charge >= 0.3 is 0 Å². The van der Waals surface area contributed by atoms with Gasteiger partial charge in [-0.25, -0.2) is 13.4 Å². The first kappa shape index (κ1) is 18.3. The van der Waals surface area contributed by atoms with Crippen molar-refractivity contribution in [2.24, 2.45) is 0 Å². The smallest absolute Gasteiger partial charge is 0.261 e. The lowest BCUT2D eigenvalue weighted by Crippen LogP contribution is -2.14. The van der Waals surface area contributed by atoms with Gasteiger partial charge in [-0.3, -0.25) is 4.72 Å². The summed E-state index contributed by atoms with van der Waals surface area (Å²) in [6, 6.07) is 18.6. The van der Waals surface area contributed by atoms with Crippen molar-refractivity contribution in [3.63, 3.8) is 0 Å². The molecule has 5 nitrogen and oxygen atoms in total. The third-order valence-electron chi connectivity index (χ3n) is 4.72. The lowest BCUT2D eigenvalue weighted by Gasteiger charge is -2.14. The third-order valence-corrected chi connectivity index (χ3v) is 6.07. The van der Waals surface area contributed by atoms with Gasteiger partial charge in [0.2, 0.25) is 0 Å². The zero-order chi connectivity index (χ0) is 19.9. The van der Waals surface area contributed by atoms with Gasteiger partial charge in [0.15, 0.2) is 0 Å². The Bertz CT molecular complexity index is 1250. The topological polar surface area (TPSA) is 74.8 Å². The third kappa shape index (κ3) is 3.39. The van der Waals surface area contributed by atoms with Crippen LogP contribution >= 0.6 is 0 Å². The van der Waals surface area contributed by atoms with Gasteiger partial charge in [0.1, 0.15) is 5.82 Å². The first-order valence-electron chi connectivity index (χ1n) is 8.99. The summed E-state index contributed by atoms with van der Waals surface area (Å²) in [4.78, 5) is 7.97. The van der Waals surface area contributed by atoms with Crippen LogP contribution in [0.4, 0.5) is 5.69 Å². The standard InChI is InChI=1S/C22H21N3O2S/c1-14-11-15(2)21(16(3)12-14)25-28(26,27)18-9-10-19-20(13-18)24-22(23-19)17-7-5-4-6-8-17/h4-13,25H,1-3H3,(H,23,24). The molecule has 0 fully saturated rings. The molecule has 4 aromatic rings. The number of fused-ring (bicyclic) bond motifs is 1. The number of hydrogen-bond acceptors (Lipinski definition) is 3. The molecule has 1 heterocycles.